The fourth-order valence-corrected chi connectivity index (χ4v) is 3.35. The number of nitrogens with zero attached hydrogens (tertiary/aromatic N) is 3. The van der Waals surface area contributed by atoms with E-state index in [0.29, 0.717) is 43.7 Å². The Morgan fingerprint density at radius 2 is 1.96 bits per heavy atom. The zero-order valence-corrected chi connectivity index (χ0v) is 14.8. The van der Waals surface area contributed by atoms with Gasteiger partial charge in [0.1, 0.15) is 5.69 Å². The molecule has 0 atom stereocenters. The van der Waals surface area contributed by atoms with Crippen LogP contribution >= 0.6 is 0 Å². The van der Waals surface area contributed by atoms with E-state index in [1.54, 1.807) is 36.4 Å². The number of benzene rings is 2. The Labute approximate surface area is 157 Å². The SMILES string of the molecule is N#Cc1cccc(CNC(=O)C2CCN(c3ccccc3[N+](=O)[O-])CC2)c1. The molecule has 1 aliphatic rings. The number of amides is 1. The van der Waals surface area contributed by atoms with Crippen molar-refractivity contribution in [1.29, 1.82) is 5.26 Å². The maximum absolute atomic E-state index is 12.4. The van der Waals surface area contributed by atoms with Crippen LogP contribution in [0.3, 0.4) is 0 Å². The van der Waals surface area contributed by atoms with Crippen LogP contribution in [0.1, 0.15) is 24.0 Å². The lowest BCUT2D eigenvalue weighted by Crippen LogP contribution is -2.40. The van der Waals surface area contributed by atoms with Gasteiger partial charge in [-0.1, -0.05) is 24.3 Å². The highest BCUT2D eigenvalue weighted by Crippen LogP contribution is 2.31. The van der Waals surface area contributed by atoms with E-state index in [1.807, 2.05) is 11.0 Å². The first kappa shape index (κ1) is 18.4. The number of piperidine rings is 1. The molecule has 0 saturated carbocycles. The fraction of sp³-hybridized carbons (Fsp3) is 0.300. The number of nitro groups is 1. The van der Waals surface area contributed by atoms with Crippen LogP contribution in [0.15, 0.2) is 48.5 Å². The monoisotopic (exact) mass is 364 g/mol. The largest absolute Gasteiger partial charge is 0.366 e. The number of nitro benzene ring substituents is 1. The Morgan fingerprint density at radius 1 is 1.22 bits per heavy atom. The number of nitrogens with one attached hydrogen (secondary N) is 1. The molecule has 0 aromatic heterocycles. The Bertz CT molecular complexity index is 883. The number of nitriles is 1. The standard InChI is InChI=1S/C20H20N4O3/c21-13-15-4-3-5-16(12-15)14-22-20(25)17-8-10-23(11-9-17)18-6-1-2-7-19(18)24(26)27/h1-7,12,17H,8-11,14H2,(H,22,25). The highest BCUT2D eigenvalue weighted by Gasteiger charge is 2.27. The zero-order valence-electron chi connectivity index (χ0n) is 14.8. The summed E-state index contributed by atoms with van der Waals surface area (Å²) in [6.45, 7) is 1.60. The third-order valence-electron chi connectivity index (χ3n) is 4.81. The van der Waals surface area contributed by atoms with Gasteiger partial charge in [0.25, 0.3) is 5.69 Å². The molecule has 0 bridgehead atoms. The summed E-state index contributed by atoms with van der Waals surface area (Å²) < 4.78 is 0. The predicted octanol–water partition coefficient (Wildman–Crippen LogP) is 3.00. The maximum atomic E-state index is 12.4. The molecule has 7 nitrogen and oxygen atoms in total. The molecule has 1 saturated heterocycles. The van der Waals surface area contributed by atoms with Gasteiger partial charge in [-0.2, -0.15) is 5.26 Å². The van der Waals surface area contributed by atoms with Gasteiger partial charge >= 0.3 is 0 Å². The molecule has 2 aromatic carbocycles. The van der Waals surface area contributed by atoms with Crippen molar-refractivity contribution < 1.29 is 9.72 Å². The Morgan fingerprint density at radius 3 is 2.67 bits per heavy atom. The molecule has 0 radical (unpaired) electrons. The Kier molecular flexibility index (Phi) is 5.67. The second kappa shape index (κ2) is 8.32. The molecule has 7 heteroatoms. The molecule has 27 heavy (non-hydrogen) atoms. The summed E-state index contributed by atoms with van der Waals surface area (Å²) in [6.07, 6.45) is 1.30. The highest BCUT2D eigenvalue weighted by atomic mass is 16.6. The first-order chi connectivity index (χ1) is 13.1. The third-order valence-corrected chi connectivity index (χ3v) is 4.81. The highest BCUT2D eigenvalue weighted by molar-refractivity contribution is 5.79. The van der Waals surface area contributed by atoms with Crippen LogP contribution < -0.4 is 10.2 Å². The minimum atomic E-state index is -0.372. The third kappa shape index (κ3) is 4.42. The molecule has 0 spiro atoms. The summed E-state index contributed by atoms with van der Waals surface area (Å²) in [5.74, 6) is -0.122. The molecular weight excluding hydrogens is 344 g/mol. The lowest BCUT2D eigenvalue weighted by Gasteiger charge is -2.32. The van der Waals surface area contributed by atoms with Gasteiger partial charge in [-0.25, -0.2) is 0 Å². The van der Waals surface area contributed by atoms with Crippen LogP contribution in [-0.4, -0.2) is 23.9 Å². The number of para-hydroxylation sites is 2. The molecule has 138 valence electrons. The van der Waals surface area contributed by atoms with Gasteiger partial charge in [0.05, 0.1) is 16.6 Å². The van der Waals surface area contributed by atoms with E-state index in [2.05, 4.69) is 11.4 Å². The summed E-state index contributed by atoms with van der Waals surface area (Å²) >= 11 is 0. The fourth-order valence-electron chi connectivity index (χ4n) is 3.35. The van der Waals surface area contributed by atoms with Gasteiger partial charge in [0.2, 0.25) is 5.91 Å². The molecule has 1 fully saturated rings. The maximum Gasteiger partial charge on any atom is 0.292 e. The molecule has 1 heterocycles. The zero-order chi connectivity index (χ0) is 19.2. The van der Waals surface area contributed by atoms with Crippen molar-refractivity contribution in [3.63, 3.8) is 0 Å². The van der Waals surface area contributed by atoms with E-state index < -0.39 is 0 Å². The average molecular weight is 364 g/mol. The van der Waals surface area contributed by atoms with Gasteiger partial charge in [-0.15, -0.1) is 0 Å². The van der Waals surface area contributed by atoms with Crippen molar-refractivity contribution in [1.82, 2.24) is 5.32 Å². The lowest BCUT2D eigenvalue weighted by molar-refractivity contribution is -0.384. The molecule has 0 unspecified atom stereocenters. The molecule has 2 aromatic rings. The Hall–Kier alpha value is -3.40. The van der Waals surface area contributed by atoms with Gasteiger partial charge in [0, 0.05) is 31.6 Å². The summed E-state index contributed by atoms with van der Waals surface area (Å²) in [4.78, 5) is 25.2. The van der Waals surface area contributed by atoms with Crippen LogP contribution in [0.5, 0.6) is 0 Å². The van der Waals surface area contributed by atoms with Crippen molar-refractivity contribution >= 4 is 17.3 Å². The van der Waals surface area contributed by atoms with Crippen molar-refractivity contribution in [3.05, 3.63) is 69.8 Å². The van der Waals surface area contributed by atoms with Crippen LogP contribution in [-0.2, 0) is 11.3 Å². The Balaban J connectivity index is 1.55. The number of rotatable bonds is 5. The van der Waals surface area contributed by atoms with Crippen molar-refractivity contribution in [2.45, 2.75) is 19.4 Å². The number of carbonyl (C=O) groups excluding carboxylic acids is 1. The first-order valence-corrected chi connectivity index (χ1v) is 8.83. The molecule has 1 N–H and O–H groups in total. The summed E-state index contributed by atoms with van der Waals surface area (Å²) in [5.41, 5.74) is 2.16. The van der Waals surface area contributed by atoms with Gasteiger partial charge in [0.15, 0.2) is 0 Å². The van der Waals surface area contributed by atoms with E-state index in [4.69, 9.17) is 5.26 Å². The van der Waals surface area contributed by atoms with E-state index in [0.717, 1.165) is 5.56 Å². The smallest absolute Gasteiger partial charge is 0.292 e. The minimum Gasteiger partial charge on any atom is -0.366 e. The van der Waals surface area contributed by atoms with E-state index in [9.17, 15) is 14.9 Å². The number of carbonyl (C=O) groups is 1. The summed E-state index contributed by atoms with van der Waals surface area (Å²) in [6, 6.07) is 15.9. The summed E-state index contributed by atoms with van der Waals surface area (Å²) in [5, 5.41) is 23.1. The van der Waals surface area contributed by atoms with Crippen molar-refractivity contribution in [3.8, 4) is 6.07 Å². The van der Waals surface area contributed by atoms with Crippen LogP contribution in [0.2, 0.25) is 0 Å². The number of anilines is 1. The molecular formula is C20H20N4O3. The average Bonchev–Trinajstić information content (AvgIpc) is 2.72. The van der Waals surface area contributed by atoms with Crippen molar-refractivity contribution in [2.75, 3.05) is 18.0 Å². The molecule has 3 rings (SSSR count). The second-order valence-electron chi connectivity index (χ2n) is 6.54. The number of hydrogen-bond acceptors (Lipinski definition) is 5. The van der Waals surface area contributed by atoms with E-state index in [1.165, 1.54) is 6.07 Å². The molecule has 1 amide bonds. The lowest BCUT2D eigenvalue weighted by atomic mass is 9.95. The molecule has 1 aliphatic heterocycles. The molecule has 0 aliphatic carbocycles. The van der Waals surface area contributed by atoms with E-state index >= 15 is 0 Å². The normalized spacial score (nSPS) is 14.4. The summed E-state index contributed by atoms with van der Waals surface area (Å²) in [7, 11) is 0. The first-order valence-electron chi connectivity index (χ1n) is 8.83. The second-order valence-corrected chi connectivity index (χ2v) is 6.54. The minimum absolute atomic E-state index is 0.0143. The van der Waals surface area contributed by atoms with Crippen molar-refractivity contribution in [2.24, 2.45) is 5.92 Å². The van der Waals surface area contributed by atoms with E-state index in [-0.39, 0.29) is 22.4 Å². The van der Waals surface area contributed by atoms with Gasteiger partial charge in [-0.05, 0) is 36.6 Å². The van der Waals surface area contributed by atoms with Gasteiger partial charge < -0.3 is 10.2 Å². The van der Waals surface area contributed by atoms with Crippen LogP contribution in [0.4, 0.5) is 11.4 Å². The predicted molar refractivity (Wildman–Crippen MR) is 101 cm³/mol. The number of hydrogen-bond donors (Lipinski definition) is 1. The van der Waals surface area contributed by atoms with Gasteiger partial charge in [-0.3, -0.25) is 14.9 Å². The quantitative estimate of drug-likeness (QED) is 0.649. The topological polar surface area (TPSA) is 99.3 Å². The van der Waals surface area contributed by atoms with Crippen LogP contribution in [0.25, 0.3) is 0 Å². The van der Waals surface area contributed by atoms with Crippen LogP contribution in [0, 0.1) is 27.4 Å².